The van der Waals surface area contributed by atoms with Crippen LogP contribution in [-0.2, 0) is 16.1 Å². The Balaban J connectivity index is 0.000000200. The molecule has 1 unspecified atom stereocenters. The molecular weight excluding hydrogens is 246 g/mol. The summed E-state index contributed by atoms with van der Waals surface area (Å²) in [5.41, 5.74) is 5.72. The Kier molecular flexibility index (Phi) is 7.62. The van der Waals surface area contributed by atoms with E-state index in [1.54, 1.807) is 0 Å². The third kappa shape index (κ3) is 7.43. The van der Waals surface area contributed by atoms with Crippen molar-refractivity contribution in [1.29, 1.82) is 0 Å². The maximum Gasteiger partial charge on any atom is 0.404 e. The van der Waals surface area contributed by atoms with Gasteiger partial charge in [-0.1, -0.05) is 30.3 Å². The van der Waals surface area contributed by atoms with Gasteiger partial charge in [0.25, 0.3) is 0 Å². The highest BCUT2D eigenvalue weighted by molar-refractivity contribution is 5.64. The Labute approximate surface area is 113 Å². The van der Waals surface area contributed by atoms with Crippen LogP contribution in [0.15, 0.2) is 30.3 Å². The van der Waals surface area contributed by atoms with E-state index in [1.165, 1.54) is 6.42 Å². The Morgan fingerprint density at radius 3 is 2.68 bits per heavy atom. The smallest absolute Gasteiger partial charge is 0.404 e. The minimum absolute atomic E-state index is 0.246. The number of rotatable bonds is 4. The van der Waals surface area contributed by atoms with Gasteiger partial charge in [-0.25, -0.2) is 4.79 Å². The van der Waals surface area contributed by atoms with E-state index in [0.29, 0.717) is 6.10 Å². The third-order valence-electron chi connectivity index (χ3n) is 2.70. The maximum absolute atomic E-state index is 10.2. The summed E-state index contributed by atoms with van der Waals surface area (Å²) in [7, 11) is 0. The molecule has 1 atom stereocenters. The fraction of sp³-hybridized carbons (Fsp3) is 0.500. The Hall–Kier alpha value is -1.59. The Morgan fingerprint density at radius 1 is 1.42 bits per heavy atom. The Bertz CT molecular complexity index is 350. The fourth-order valence-electron chi connectivity index (χ4n) is 1.74. The highest BCUT2D eigenvalue weighted by Gasteiger charge is 2.13. The first-order valence-corrected chi connectivity index (χ1v) is 6.41. The molecule has 1 fully saturated rings. The van der Waals surface area contributed by atoms with Crippen LogP contribution in [0.3, 0.4) is 0 Å². The zero-order valence-corrected chi connectivity index (χ0v) is 11.0. The molecular formula is C14H21NO4. The molecule has 0 aliphatic carbocycles. The Morgan fingerprint density at radius 2 is 2.16 bits per heavy atom. The zero-order chi connectivity index (χ0) is 13.9. The quantitative estimate of drug-likeness (QED) is 0.872. The molecule has 0 aromatic heterocycles. The van der Waals surface area contributed by atoms with Crippen molar-refractivity contribution in [3.8, 4) is 0 Å². The number of aliphatic hydroxyl groups is 1. The molecule has 1 aliphatic rings. The van der Waals surface area contributed by atoms with Crippen molar-refractivity contribution in [2.45, 2.75) is 32.0 Å². The monoisotopic (exact) mass is 267 g/mol. The molecule has 1 heterocycles. The van der Waals surface area contributed by atoms with Crippen LogP contribution < -0.4 is 5.73 Å². The van der Waals surface area contributed by atoms with Crippen molar-refractivity contribution in [2.75, 3.05) is 13.2 Å². The molecule has 0 spiro atoms. The summed E-state index contributed by atoms with van der Waals surface area (Å²) < 4.78 is 9.80. The van der Waals surface area contributed by atoms with E-state index in [1.807, 2.05) is 30.3 Å². The summed E-state index contributed by atoms with van der Waals surface area (Å²) in [6.45, 7) is 1.41. The van der Waals surface area contributed by atoms with Crippen LogP contribution in [0.1, 0.15) is 24.8 Å². The number of amides is 1. The van der Waals surface area contributed by atoms with E-state index in [-0.39, 0.29) is 13.2 Å². The van der Waals surface area contributed by atoms with E-state index in [0.717, 1.165) is 25.0 Å². The summed E-state index contributed by atoms with van der Waals surface area (Å²) in [6.07, 6.45) is 2.75. The van der Waals surface area contributed by atoms with Crippen LogP contribution in [0.25, 0.3) is 0 Å². The molecule has 0 radical (unpaired) electrons. The highest BCUT2D eigenvalue weighted by Crippen LogP contribution is 2.13. The summed E-state index contributed by atoms with van der Waals surface area (Å²) >= 11 is 0. The molecule has 0 saturated carbocycles. The van der Waals surface area contributed by atoms with E-state index in [2.05, 4.69) is 4.74 Å². The highest BCUT2D eigenvalue weighted by atomic mass is 16.5. The van der Waals surface area contributed by atoms with Gasteiger partial charge in [0.2, 0.25) is 0 Å². The van der Waals surface area contributed by atoms with Crippen molar-refractivity contribution in [2.24, 2.45) is 5.73 Å². The summed E-state index contributed by atoms with van der Waals surface area (Å²) in [4.78, 5) is 10.2. The number of primary amides is 1. The minimum atomic E-state index is -0.742. The van der Waals surface area contributed by atoms with Crippen molar-refractivity contribution in [1.82, 2.24) is 0 Å². The van der Waals surface area contributed by atoms with Gasteiger partial charge < -0.3 is 20.3 Å². The second-order valence-corrected chi connectivity index (χ2v) is 4.24. The lowest BCUT2D eigenvalue weighted by atomic mass is 10.2. The standard InChI is InChI=1S/C8H9NO2.C6H12O2/c9-8(10)11-6-7-4-2-1-3-5-7;7-4-3-6-2-1-5-8-6/h1-5H,6H2,(H2,9,10);6-7H,1-5H2. The summed E-state index contributed by atoms with van der Waals surface area (Å²) in [5, 5.41) is 8.45. The SMILES string of the molecule is NC(=O)OCc1ccccc1.OCCC1CCCO1. The first kappa shape index (κ1) is 15.5. The van der Waals surface area contributed by atoms with E-state index in [9.17, 15) is 4.79 Å². The van der Waals surface area contributed by atoms with Crippen LogP contribution in [0.2, 0.25) is 0 Å². The lowest BCUT2D eigenvalue weighted by molar-refractivity contribution is 0.0868. The number of benzene rings is 1. The minimum Gasteiger partial charge on any atom is -0.445 e. The largest absolute Gasteiger partial charge is 0.445 e. The first-order valence-electron chi connectivity index (χ1n) is 6.41. The molecule has 5 nitrogen and oxygen atoms in total. The number of hydrogen-bond donors (Lipinski definition) is 2. The molecule has 19 heavy (non-hydrogen) atoms. The topological polar surface area (TPSA) is 81.8 Å². The summed E-state index contributed by atoms with van der Waals surface area (Å²) in [5.74, 6) is 0. The van der Waals surface area contributed by atoms with Crippen molar-refractivity contribution in [3.63, 3.8) is 0 Å². The lowest BCUT2D eigenvalue weighted by Gasteiger charge is -2.03. The van der Waals surface area contributed by atoms with E-state index in [4.69, 9.17) is 15.6 Å². The number of aliphatic hydroxyl groups excluding tert-OH is 1. The van der Waals surface area contributed by atoms with Crippen LogP contribution in [0, 0.1) is 0 Å². The fourth-order valence-corrected chi connectivity index (χ4v) is 1.74. The van der Waals surface area contributed by atoms with Gasteiger partial charge >= 0.3 is 6.09 Å². The molecule has 1 amide bonds. The molecule has 106 valence electrons. The normalized spacial score (nSPS) is 17.4. The number of carbonyl (C=O) groups is 1. The van der Waals surface area contributed by atoms with Crippen molar-refractivity contribution < 1.29 is 19.4 Å². The lowest BCUT2D eigenvalue weighted by Crippen LogP contribution is -2.12. The van der Waals surface area contributed by atoms with Crippen LogP contribution in [-0.4, -0.2) is 30.5 Å². The number of carbonyl (C=O) groups excluding carboxylic acids is 1. The van der Waals surface area contributed by atoms with Crippen LogP contribution in [0.5, 0.6) is 0 Å². The van der Waals surface area contributed by atoms with Gasteiger partial charge in [0.1, 0.15) is 6.61 Å². The van der Waals surface area contributed by atoms with E-state index >= 15 is 0 Å². The maximum atomic E-state index is 10.2. The number of ether oxygens (including phenoxy) is 2. The molecule has 1 aromatic rings. The number of nitrogens with two attached hydrogens (primary N) is 1. The predicted octanol–water partition coefficient (Wildman–Crippen LogP) is 1.83. The second kappa shape index (κ2) is 9.35. The molecule has 5 heteroatoms. The van der Waals surface area contributed by atoms with Crippen LogP contribution in [0.4, 0.5) is 4.79 Å². The van der Waals surface area contributed by atoms with Gasteiger partial charge in [0.05, 0.1) is 6.10 Å². The van der Waals surface area contributed by atoms with Gasteiger partial charge in [-0.2, -0.15) is 0 Å². The molecule has 0 bridgehead atoms. The first-order chi connectivity index (χ1) is 9.22. The van der Waals surface area contributed by atoms with Crippen molar-refractivity contribution >= 4 is 6.09 Å². The molecule has 3 N–H and O–H groups in total. The van der Waals surface area contributed by atoms with E-state index < -0.39 is 6.09 Å². The third-order valence-corrected chi connectivity index (χ3v) is 2.70. The molecule has 1 aliphatic heterocycles. The molecule has 1 aromatic carbocycles. The average molecular weight is 267 g/mol. The van der Waals surface area contributed by atoms with Gasteiger partial charge in [-0.3, -0.25) is 0 Å². The van der Waals surface area contributed by atoms with Gasteiger partial charge in [-0.15, -0.1) is 0 Å². The van der Waals surface area contributed by atoms with Gasteiger partial charge in [-0.05, 0) is 24.8 Å². The second-order valence-electron chi connectivity index (χ2n) is 4.24. The van der Waals surface area contributed by atoms with Crippen LogP contribution >= 0.6 is 0 Å². The number of hydrogen-bond acceptors (Lipinski definition) is 4. The summed E-state index contributed by atoms with van der Waals surface area (Å²) in [6, 6.07) is 9.37. The zero-order valence-electron chi connectivity index (χ0n) is 11.0. The predicted molar refractivity (Wildman–Crippen MR) is 71.5 cm³/mol. The van der Waals surface area contributed by atoms with Crippen molar-refractivity contribution in [3.05, 3.63) is 35.9 Å². The molecule has 2 rings (SSSR count). The van der Waals surface area contributed by atoms with Gasteiger partial charge in [0, 0.05) is 13.2 Å². The average Bonchev–Trinajstić information content (AvgIpc) is 2.92. The van der Waals surface area contributed by atoms with Gasteiger partial charge in [0.15, 0.2) is 0 Å². The molecule has 1 saturated heterocycles.